The summed E-state index contributed by atoms with van der Waals surface area (Å²) in [5, 5.41) is 0. The van der Waals surface area contributed by atoms with Crippen LogP contribution in [-0.2, 0) is 0 Å². The van der Waals surface area contributed by atoms with E-state index in [9.17, 15) is 0 Å². The molecule has 0 aromatic rings. The van der Waals surface area contributed by atoms with Crippen molar-refractivity contribution in [3.8, 4) is 0 Å². The van der Waals surface area contributed by atoms with Gasteiger partial charge in [0.1, 0.15) is 0 Å². The van der Waals surface area contributed by atoms with Crippen molar-refractivity contribution in [3.05, 3.63) is 71.9 Å². The van der Waals surface area contributed by atoms with Gasteiger partial charge in [0.05, 0.1) is 0 Å². The van der Waals surface area contributed by atoms with E-state index in [-0.39, 0.29) is 14.9 Å². The fourth-order valence-corrected chi connectivity index (χ4v) is 3.32. The molecule has 0 amide bonds. The summed E-state index contributed by atoms with van der Waals surface area (Å²) in [6, 6.07) is 0. The summed E-state index contributed by atoms with van der Waals surface area (Å²) in [5.74, 6) is 0.868. The SMILES string of the molecule is C.C.C=C(C)/C=C\C(C)=C(C)C.C=CC/C=C\C=C(C)C.CC1(C)CCCCC1.CCCCC(C)C(C)(C)C. The number of unbranched alkanes of at least 4 members (excludes halogenated alkanes) is 1. The molecule has 1 unspecified atom stereocenters. The molecule has 1 atom stereocenters. The molecule has 0 spiro atoms. The first kappa shape index (κ1) is 47.2. The maximum Gasteiger partial charge on any atom is -0.0169 e. The molecule has 0 aliphatic heterocycles. The van der Waals surface area contributed by atoms with Gasteiger partial charge in [-0.1, -0.05) is 167 Å². The number of allylic oxidation sites excluding steroid dienone is 10. The van der Waals surface area contributed by atoms with Gasteiger partial charge in [0.25, 0.3) is 0 Å². The van der Waals surface area contributed by atoms with E-state index in [1.165, 1.54) is 68.1 Å². The summed E-state index contributed by atoms with van der Waals surface area (Å²) >= 11 is 0. The van der Waals surface area contributed by atoms with Gasteiger partial charge in [-0.05, 0) is 77.6 Å². The van der Waals surface area contributed by atoms with Gasteiger partial charge < -0.3 is 0 Å². The summed E-state index contributed by atoms with van der Waals surface area (Å²) in [4.78, 5) is 0. The molecule has 1 fully saturated rings. The first-order chi connectivity index (χ1) is 17.0. The van der Waals surface area contributed by atoms with Crippen molar-refractivity contribution in [1.82, 2.24) is 0 Å². The quantitative estimate of drug-likeness (QED) is 0.210. The van der Waals surface area contributed by atoms with Gasteiger partial charge in [-0.2, -0.15) is 0 Å². The maximum atomic E-state index is 3.78. The lowest BCUT2D eigenvalue weighted by atomic mass is 9.78. The average molecular weight is 545 g/mol. The van der Waals surface area contributed by atoms with Crippen LogP contribution in [0, 0.1) is 16.7 Å². The van der Waals surface area contributed by atoms with E-state index in [4.69, 9.17) is 0 Å². The van der Waals surface area contributed by atoms with Crippen molar-refractivity contribution >= 4 is 0 Å². The Bertz CT molecular complexity index is 681. The molecule has 0 nitrogen and oxygen atoms in total. The zero-order chi connectivity index (χ0) is 29.5. The highest BCUT2D eigenvalue weighted by Gasteiger charge is 2.20. The summed E-state index contributed by atoms with van der Waals surface area (Å²) in [6.07, 6.45) is 24.6. The van der Waals surface area contributed by atoms with Gasteiger partial charge in [0.15, 0.2) is 0 Å². The highest BCUT2D eigenvalue weighted by atomic mass is 14.3. The van der Waals surface area contributed by atoms with Crippen LogP contribution in [0.3, 0.4) is 0 Å². The lowest BCUT2D eigenvalue weighted by Gasteiger charge is -2.28. The average Bonchev–Trinajstić information content (AvgIpc) is 2.79. The first-order valence-corrected chi connectivity index (χ1v) is 14.9. The second-order valence-electron chi connectivity index (χ2n) is 13.2. The third kappa shape index (κ3) is 38.7. The molecule has 0 N–H and O–H groups in total. The van der Waals surface area contributed by atoms with Gasteiger partial charge in [-0.3, -0.25) is 0 Å². The van der Waals surface area contributed by atoms with E-state index in [2.05, 4.69) is 121 Å². The van der Waals surface area contributed by atoms with Crippen LogP contribution >= 0.6 is 0 Å². The Morgan fingerprint density at radius 2 is 1.41 bits per heavy atom. The zero-order valence-corrected chi connectivity index (χ0v) is 27.8. The van der Waals surface area contributed by atoms with E-state index in [0.717, 1.165) is 17.9 Å². The Balaban J connectivity index is -0.000000130. The Kier molecular flexibility index (Phi) is 33.9. The lowest BCUT2D eigenvalue weighted by molar-refractivity contribution is 0.242. The minimum absolute atomic E-state index is 0. The van der Waals surface area contributed by atoms with Gasteiger partial charge >= 0.3 is 0 Å². The second kappa shape index (κ2) is 28.0. The molecule has 0 bridgehead atoms. The molecule has 0 saturated heterocycles. The molecule has 0 heteroatoms. The summed E-state index contributed by atoms with van der Waals surface area (Å²) < 4.78 is 0. The molecule has 0 radical (unpaired) electrons. The van der Waals surface area contributed by atoms with Crippen molar-refractivity contribution in [2.24, 2.45) is 16.7 Å². The van der Waals surface area contributed by atoms with Gasteiger partial charge in [0.2, 0.25) is 0 Å². The predicted molar refractivity (Wildman–Crippen MR) is 190 cm³/mol. The number of rotatable bonds is 8. The minimum atomic E-state index is 0. The third-order valence-electron chi connectivity index (χ3n) is 6.95. The minimum Gasteiger partial charge on any atom is -0.103 e. The monoisotopic (exact) mass is 545 g/mol. The van der Waals surface area contributed by atoms with Crippen LogP contribution in [0.2, 0.25) is 0 Å². The molecule has 232 valence electrons. The van der Waals surface area contributed by atoms with Crippen LogP contribution < -0.4 is 0 Å². The largest absolute Gasteiger partial charge is 0.103 e. The first-order valence-electron chi connectivity index (χ1n) is 14.9. The van der Waals surface area contributed by atoms with Crippen molar-refractivity contribution in [1.29, 1.82) is 0 Å². The van der Waals surface area contributed by atoms with E-state index in [0.29, 0.717) is 10.8 Å². The smallest absolute Gasteiger partial charge is 0.0169 e. The third-order valence-corrected chi connectivity index (χ3v) is 6.95. The highest BCUT2D eigenvalue weighted by Crippen LogP contribution is 2.34. The van der Waals surface area contributed by atoms with Crippen molar-refractivity contribution < 1.29 is 0 Å². The van der Waals surface area contributed by atoms with Gasteiger partial charge in [0, 0.05) is 0 Å². The van der Waals surface area contributed by atoms with Crippen LogP contribution in [0.15, 0.2) is 71.9 Å². The van der Waals surface area contributed by atoms with Crippen molar-refractivity contribution in [2.75, 3.05) is 0 Å². The Morgan fingerprint density at radius 1 is 0.897 bits per heavy atom. The van der Waals surface area contributed by atoms with Crippen LogP contribution in [0.1, 0.15) is 163 Å². The van der Waals surface area contributed by atoms with Crippen LogP contribution in [-0.4, -0.2) is 0 Å². The Morgan fingerprint density at radius 3 is 1.72 bits per heavy atom. The molecule has 0 aromatic carbocycles. The molecule has 0 heterocycles. The number of hydrogen-bond acceptors (Lipinski definition) is 0. The van der Waals surface area contributed by atoms with Crippen molar-refractivity contribution in [2.45, 2.75) is 163 Å². The Labute approximate surface area is 250 Å². The molecule has 1 rings (SSSR count). The normalized spacial score (nSPS) is 14.4. The van der Waals surface area contributed by atoms with Crippen LogP contribution in [0.25, 0.3) is 0 Å². The van der Waals surface area contributed by atoms with Crippen molar-refractivity contribution in [3.63, 3.8) is 0 Å². The molecule has 1 saturated carbocycles. The topological polar surface area (TPSA) is 0 Å². The molecule has 1 aliphatic carbocycles. The number of hydrogen-bond donors (Lipinski definition) is 0. The zero-order valence-electron chi connectivity index (χ0n) is 27.8. The molecular weight excluding hydrogens is 468 g/mol. The maximum absolute atomic E-state index is 3.78. The highest BCUT2D eigenvalue weighted by molar-refractivity contribution is 5.26. The Hall–Kier alpha value is -1.56. The fraction of sp³-hybridized carbons (Fsp3) is 0.692. The summed E-state index contributed by atoms with van der Waals surface area (Å²) in [6.45, 7) is 36.2. The second-order valence-corrected chi connectivity index (χ2v) is 13.2. The molecule has 39 heavy (non-hydrogen) atoms. The predicted octanol–water partition coefficient (Wildman–Crippen LogP) is 14.7. The van der Waals surface area contributed by atoms with Gasteiger partial charge in [-0.15, -0.1) is 6.58 Å². The van der Waals surface area contributed by atoms with Crippen LogP contribution in [0.5, 0.6) is 0 Å². The molecule has 0 aromatic heterocycles. The molecular formula is C39H76. The lowest BCUT2D eigenvalue weighted by Crippen LogP contribution is -2.16. The van der Waals surface area contributed by atoms with E-state index < -0.39 is 0 Å². The summed E-state index contributed by atoms with van der Waals surface area (Å²) in [5.41, 5.74) is 6.30. The molecule has 1 aliphatic rings. The van der Waals surface area contributed by atoms with E-state index in [1.807, 2.05) is 19.1 Å². The van der Waals surface area contributed by atoms with Crippen LogP contribution in [0.4, 0.5) is 0 Å². The van der Waals surface area contributed by atoms with Gasteiger partial charge in [-0.25, -0.2) is 0 Å². The van der Waals surface area contributed by atoms with E-state index in [1.54, 1.807) is 0 Å². The summed E-state index contributed by atoms with van der Waals surface area (Å²) in [7, 11) is 0. The standard InChI is InChI=1S/C10H16.C10H22.C9H14.C8H16.2CH4/c1-8(2)6-7-10(5)9(3)4;1-6-7-8-9(2)10(3,4)5;1-4-5-6-7-8-9(2)3;1-8(2)6-4-3-5-7-8;;/h6-7H,1H2,2-5H3;9H,6-8H2,1-5H3;4,6-8H,1,5H2,2-3H3;3-7H2,1-2H3;2*1H4/b7-6-;;7-6-;;;. The fourth-order valence-electron chi connectivity index (χ4n) is 3.32. The van der Waals surface area contributed by atoms with E-state index >= 15 is 0 Å².